The van der Waals surface area contributed by atoms with Gasteiger partial charge < -0.3 is 14.8 Å². The van der Waals surface area contributed by atoms with Gasteiger partial charge in [-0.2, -0.15) is 0 Å². The van der Waals surface area contributed by atoms with Crippen LogP contribution < -0.4 is 20.3 Å². The van der Waals surface area contributed by atoms with Gasteiger partial charge in [0.15, 0.2) is 11.5 Å². The monoisotopic (exact) mass is 315 g/mol. The van der Waals surface area contributed by atoms with Gasteiger partial charge in [0.2, 0.25) is 6.10 Å². The molecule has 7 heteroatoms. The van der Waals surface area contributed by atoms with E-state index in [0.717, 1.165) is 0 Å². The summed E-state index contributed by atoms with van der Waals surface area (Å²) >= 11 is 0. The van der Waals surface area contributed by atoms with E-state index in [-0.39, 0.29) is 18.1 Å². The van der Waals surface area contributed by atoms with Gasteiger partial charge in [-0.25, -0.2) is 4.98 Å². The lowest BCUT2D eigenvalue weighted by atomic mass is 10.2. The molecule has 1 aliphatic heterocycles. The molecule has 1 amide bonds. The van der Waals surface area contributed by atoms with E-state index in [0.29, 0.717) is 30.2 Å². The molecule has 0 spiro atoms. The zero-order valence-electron chi connectivity index (χ0n) is 12.7. The van der Waals surface area contributed by atoms with E-state index in [1.165, 1.54) is 17.1 Å². The molecular formula is C16H17N3O4. The normalized spacial score (nSPS) is 16.0. The number of aryl methyl sites for hydroxylation is 1. The van der Waals surface area contributed by atoms with Gasteiger partial charge >= 0.3 is 0 Å². The van der Waals surface area contributed by atoms with Crippen LogP contribution in [0.2, 0.25) is 0 Å². The van der Waals surface area contributed by atoms with E-state index in [4.69, 9.17) is 9.47 Å². The highest BCUT2D eigenvalue weighted by Crippen LogP contribution is 2.30. The molecular weight excluding hydrogens is 298 g/mol. The van der Waals surface area contributed by atoms with Crippen LogP contribution in [0.3, 0.4) is 0 Å². The topological polar surface area (TPSA) is 82.5 Å². The van der Waals surface area contributed by atoms with Crippen molar-refractivity contribution in [1.29, 1.82) is 0 Å². The summed E-state index contributed by atoms with van der Waals surface area (Å²) in [5.74, 6) is 0.917. The fourth-order valence-corrected chi connectivity index (χ4v) is 2.28. The molecule has 1 atom stereocenters. The quantitative estimate of drug-likeness (QED) is 0.889. The van der Waals surface area contributed by atoms with Crippen molar-refractivity contribution >= 4 is 5.91 Å². The molecule has 0 radical (unpaired) electrons. The van der Waals surface area contributed by atoms with Gasteiger partial charge in [-0.15, -0.1) is 0 Å². The summed E-state index contributed by atoms with van der Waals surface area (Å²) in [6, 6.07) is 7.21. The first kappa shape index (κ1) is 15.1. The highest BCUT2D eigenvalue weighted by molar-refractivity contribution is 5.81. The van der Waals surface area contributed by atoms with Crippen molar-refractivity contribution in [2.45, 2.75) is 19.6 Å². The molecule has 7 nitrogen and oxygen atoms in total. The Hall–Kier alpha value is -2.83. The van der Waals surface area contributed by atoms with Crippen LogP contribution in [-0.4, -0.2) is 34.7 Å². The average molecular weight is 315 g/mol. The minimum Gasteiger partial charge on any atom is -0.485 e. The number of ether oxygens (including phenoxy) is 2. The second-order valence-corrected chi connectivity index (χ2v) is 5.23. The lowest BCUT2D eigenvalue weighted by Gasteiger charge is -2.25. The van der Waals surface area contributed by atoms with Crippen LogP contribution >= 0.6 is 0 Å². The van der Waals surface area contributed by atoms with Gasteiger partial charge in [0.1, 0.15) is 6.61 Å². The van der Waals surface area contributed by atoms with Crippen LogP contribution in [0.15, 0.2) is 41.6 Å². The van der Waals surface area contributed by atoms with Gasteiger partial charge in [-0.05, 0) is 19.1 Å². The fraction of sp³-hybridized carbons (Fsp3) is 0.312. The summed E-state index contributed by atoms with van der Waals surface area (Å²) in [6.45, 7) is 2.53. The largest absolute Gasteiger partial charge is 0.485 e. The van der Waals surface area contributed by atoms with E-state index in [9.17, 15) is 9.59 Å². The van der Waals surface area contributed by atoms with Crippen molar-refractivity contribution in [2.75, 3.05) is 13.2 Å². The van der Waals surface area contributed by atoms with E-state index in [1.54, 1.807) is 19.1 Å². The van der Waals surface area contributed by atoms with Crippen LogP contribution in [-0.2, 0) is 11.3 Å². The Kier molecular flexibility index (Phi) is 4.27. The standard InChI is InChI=1S/C16H17N3O4/c1-11-8-17-10-19(16(11)21)7-6-18-15(20)14-9-22-12-4-2-3-5-13(12)23-14/h2-5,8,10,14H,6-7,9H2,1H3,(H,18,20). The summed E-state index contributed by atoms with van der Waals surface area (Å²) in [7, 11) is 0. The first-order valence-corrected chi connectivity index (χ1v) is 7.32. The second-order valence-electron chi connectivity index (χ2n) is 5.23. The zero-order valence-corrected chi connectivity index (χ0v) is 12.7. The minimum atomic E-state index is -0.697. The molecule has 1 unspecified atom stereocenters. The highest BCUT2D eigenvalue weighted by Gasteiger charge is 2.26. The summed E-state index contributed by atoms with van der Waals surface area (Å²) in [5.41, 5.74) is 0.458. The average Bonchev–Trinajstić information content (AvgIpc) is 2.58. The lowest BCUT2D eigenvalue weighted by Crippen LogP contribution is -2.45. The molecule has 3 rings (SSSR count). The summed E-state index contributed by atoms with van der Waals surface area (Å²) in [5, 5.41) is 2.75. The first-order chi connectivity index (χ1) is 11.1. The van der Waals surface area contributed by atoms with Crippen LogP contribution in [0.4, 0.5) is 0 Å². The lowest BCUT2D eigenvalue weighted by molar-refractivity contribution is -0.130. The Morgan fingerprint density at radius 3 is 3.00 bits per heavy atom. The molecule has 2 aromatic rings. The third kappa shape index (κ3) is 3.33. The number of carbonyl (C=O) groups excluding carboxylic acids is 1. The van der Waals surface area contributed by atoms with Crippen molar-refractivity contribution in [3.05, 3.63) is 52.7 Å². The number of hydrogen-bond donors (Lipinski definition) is 1. The van der Waals surface area contributed by atoms with Crippen molar-refractivity contribution in [3.8, 4) is 11.5 Å². The molecule has 0 bridgehead atoms. The Balaban J connectivity index is 1.54. The van der Waals surface area contributed by atoms with Gasteiger partial charge in [-0.3, -0.25) is 14.2 Å². The second kappa shape index (κ2) is 6.51. The molecule has 0 saturated heterocycles. The smallest absolute Gasteiger partial charge is 0.264 e. The van der Waals surface area contributed by atoms with Crippen LogP contribution in [0.5, 0.6) is 11.5 Å². The SMILES string of the molecule is Cc1cncn(CCNC(=O)C2COc3ccccc3O2)c1=O. The summed E-state index contributed by atoms with van der Waals surface area (Å²) in [4.78, 5) is 27.9. The van der Waals surface area contributed by atoms with Gasteiger partial charge in [0, 0.05) is 24.8 Å². The Morgan fingerprint density at radius 2 is 2.17 bits per heavy atom. The molecule has 2 heterocycles. The number of hydrogen-bond acceptors (Lipinski definition) is 5. The van der Waals surface area contributed by atoms with E-state index in [1.807, 2.05) is 12.1 Å². The third-order valence-corrected chi connectivity index (χ3v) is 3.53. The number of rotatable bonds is 4. The van der Waals surface area contributed by atoms with Crippen LogP contribution in [0.25, 0.3) is 0 Å². The Labute approximate surface area is 132 Å². The predicted molar refractivity (Wildman–Crippen MR) is 82.6 cm³/mol. The number of aromatic nitrogens is 2. The van der Waals surface area contributed by atoms with E-state index in [2.05, 4.69) is 10.3 Å². The molecule has 1 N–H and O–H groups in total. The van der Waals surface area contributed by atoms with Crippen molar-refractivity contribution in [1.82, 2.24) is 14.9 Å². The number of benzene rings is 1. The maximum Gasteiger partial charge on any atom is 0.264 e. The van der Waals surface area contributed by atoms with Gasteiger partial charge in [0.05, 0.1) is 6.33 Å². The van der Waals surface area contributed by atoms with Crippen LogP contribution in [0.1, 0.15) is 5.56 Å². The third-order valence-electron chi connectivity index (χ3n) is 3.53. The molecule has 0 fully saturated rings. The van der Waals surface area contributed by atoms with E-state index < -0.39 is 6.10 Å². The van der Waals surface area contributed by atoms with Crippen LogP contribution in [0, 0.1) is 6.92 Å². The molecule has 1 aliphatic rings. The van der Waals surface area contributed by atoms with Gasteiger partial charge in [0.25, 0.3) is 11.5 Å². The highest BCUT2D eigenvalue weighted by atomic mass is 16.6. The fourth-order valence-electron chi connectivity index (χ4n) is 2.28. The maximum absolute atomic E-state index is 12.1. The molecule has 0 aliphatic carbocycles. The molecule has 23 heavy (non-hydrogen) atoms. The first-order valence-electron chi connectivity index (χ1n) is 7.32. The summed E-state index contributed by atoms with van der Waals surface area (Å²) in [6.07, 6.45) is 2.28. The van der Waals surface area contributed by atoms with Crippen molar-refractivity contribution in [2.24, 2.45) is 0 Å². The minimum absolute atomic E-state index is 0.111. The van der Waals surface area contributed by atoms with E-state index >= 15 is 0 Å². The molecule has 1 aromatic carbocycles. The zero-order chi connectivity index (χ0) is 16.2. The molecule has 0 saturated carbocycles. The predicted octanol–water partition coefficient (Wildman–Crippen LogP) is 0.508. The molecule has 1 aromatic heterocycles. The number of fused-ring (bicyclic) bond motifs is 1. The Morgan fingerprint density at radius 1 is 1.39 bits per heavy atom. The number of nitrogens with zero attached hydrogens (tertiary/aromatic N) is 2. The number of para-hydroxylation sites is 2. The summed E-state index contributed by atoms with van der Waals surface area (Å²) < 4.78 is 12.6. The van der Waals surface area contributed by atoms with Crippen molar-refractivity contribution < 1.29 is 14.3 Å². The molecule has 120 valence electrons. The number of nitrogens with one attached hydrogen (secondary N) is 1. The number of amides is 1. The van der Waals surface area contributed by atoms with Gasteiger partial charge in [-0.1, -0.05) is 12.1 Å². The van der Waals surface area contributed by atoms with Crippen molar-refractivity contribution in [3.63, 3.8) is 0 Å². The maximum atomic E-state index is 12.1. The number of carbonyl (C=O) groups is 1. The Bertz CT molecular complexity index is 772.